The number of aliphatic hydroxyl groups excluding tert-OH is 1. The minimum absolute atomic E-state index is 0.0464. The van der Waals surface area contributed by atoms with Crippen LogP contribution in [0.2, 0.25) is 0 Å². The zero-order valence-electron chi connectivity index (χ0n) is 19.4. The minimum Gasteiger partial charge on any atom is -0.376 e. The van der Waals surface area contributed by atoms with Gasteiger partial charge in [-0.1, -0.05) is 19.9 Å². The Labute approximate surface area is 196 Å². The molecule has 178 valence electrons. The number of benzene rings is 1. The molecule has 1 aliphatic rings. The molecular formula is C25H27F2N5O2. The van der Waals surface area contributed by atoms with Gasteiger partial charge in [0.2, 0.25) is 0 Å². The summed E-state index contributed by atoms with van der Waals surface area (Å²) < 4.78 is 28.7. The molecule has 1 aromatic carbocycles. The number of fused-ring (bicyclic) bond motifs is 1. The van der Waals surface area contributed by atoms with Gasteiger partial charge in [0.15, 0.2) is 11.9 Å². The maximum Gasteiger partial charge on any atom is 0.259 e. The Morgan fingerprint density at radius 2 is 1.88 bits per heavy atom. The predicted octanol–water partition coefficient (Wildman–Crippen LogP) is 3.95. The smallest absolute Gasteiger partial charge is 0.259 e. The van der Waals surface area contributed by atoms with Crippen LogP contribution in [0.4, 0.5) is 8.78 Å². The fraction of sp³-hybridized carbons (Fsp3) is 0.400. The van der Waals surface area contributed by atoms with Crippen molar-refractivity contribution in [1.29, 1.82) is 0 Å². The topological polar surface area (TPSA) is 92.1 Å². The lowest BCUT2D eigenvalue weighted by Gasteiger charge is -2.40. The summed E-state index contributed by atoms with van der Waals surface area (Å²) in [6.45, 7) is 6.54. The molecule has 3 atom stereocenters. The molecule has 0 saturated heterocycles. The number of amides is 1. The first-order chi connectivity index (χ1) is 16.2. The SMILES string of the molecule is CCN(C[C@@]1(C)CC[C@H](C)c2cc(-c3c(F)cccc3F)nnc21)C(=O)[C@@H](O)c1ncccn1. The summed E-state index contributed by atoms with van der Waals surface area (Å²) in [6.07, 6.45) is 3.03. The standard InChI is InChI=1S/C25H27F2N5O2/c1-4-32(24(34)21(33)23-28-11-6-12-29-23)14-25(3)10-9-15(2)16-13-19(30-31-22(16)25)20-17(26)7-5-8-18(20)27/h5-8,11-13,15,21,33H,4,9-10,14H2,1-3H3/t15-,21-,25+/m0/s1. The van der Waals surface area contributed by atoms with Gasteiger partial charge in [0.1, 0.15) is 11.6 Å². The second-order valence-corrected chi connectivity index (χ2v) is 8.99. The van der Waals surface area contributed by atoms with E-state index in [0.29, 0.717) is 18.8 Å². The molecule has 0 unspecified atom stereocenters. The zero-order valence-corrected chi connectivity index (χ0v) is 19.4. The predicted molar refractivity (Wildman–Crippen MR) is 122 cm³/mol. The number of likely N-dealkylation sites (N-methyl/N-ethyl adjacent to an activating group) is 1. The third-order valence-electron chi connectivity index (χ3n) is 6.57. The van der Waals surface area contributed by atoms with E-state index < -0.39 is 29.1 Å². The fourth-order valence-corrected chi connectivity index (χ4v) is 4.58. The molecule has 0 bridgehead atoms. The van der Waals surface area contributed by atoms with Crippen LogP contribution >= 0.6 is 0 Å². The van der Waals surface area contributed by atoms with Crippen LogP contribution in [0.5, 0.6) is 0 Å². The summed E-state index contributed by atoms with van der Waals surface area (Å²) in [5, 5.41) is 19.1. The lowest BCUT2D eigenvalue weighted by Crippen LogP contribution is -2.46. The number of carbonyl (C=O) groups excluding carboxylic acids is 1. The van der Waals surface area contributed by atoms with Gasteiger partial charge >= 0.3 is 0 Å². The summed E-state index contributed by atoms with van der Waals surface area (Å²) in [4.78, 5) is 22.6. The first kappa shape index (κ1) is 23.8. The maximum absolute atomic E-state index is 14.4. The van der Waals surface area contributed by atoms with Gasteiger partial charge in [-0.05, 0) is 55.5 Å². The summed E-state index contributed by atoms with van der Waals surface area (Å²) in [5.41, 5.74) is 0.948. The normalized spacial score (nSPS) is 20.5. The number of rotatable bonds is 6. The Morgan fingerprint density at radius 1 is 1.21 bits per heavy atom. The van der Waals surface area contributed by atoms with Crippen molar-refractivity contribution in [3.63, 3.8) is 0 Å². The van der Waals surface area contributed by atoms with E-state index in [2.05, 4.69) is 20.2 Å². The van der Waals surface area contributed by atoms with Crippen LogP contribution in [0.15, 0.2) is 42.7 Å². The highest BCUT2D eigenvalue weighted by Crippen LogP contribution is 2.43. The molecule has 1 aliphatic carbocycles. The van der Waals surface area contributed by atoms with Crippen LogP contribution in [0.25, 0.3) is 11.3 Å². The van der Waals surface area contributed by atoms with Gasteiger partial charge in [-0.15, -0.1) is 0 Å². The van der Waals surface area contributed by atoms with Crippen molar-refractivity contribution in [1.82, 2.24) is 25.1 Å². The molecule has 7 nitrogen and oxygen atoms in total. The number of hydrogen-bond donors (Lipinski definition) is 1. The minimum atomic E-state index is -1.47. The molecule has 2 aromatic heterocycles. The number of nitrogens with zero attached hydrogens (tertiary/aromatic N) is 5. The summed E-state index contributed by atoms with van der Waals surface area (Å²) in [7, 11) is 0. The van der Waals surface area contributed by atoms with Crippen molar-refractivity contribution >= 4 is 5.91 Å². The highest BCUT2D eigenvalue weighted by atomic mass is 19.1. The second kappa shape index (κ2) is 9.50. The van der Waals surface area contributed by atoms with Crippen LogP contribution in [0.3, 0.4) is 0 Å². The average Bonchev–Trinajstić information content (AvgIpc) is 2.85. The summed E-state index contributed by atoms with van der Waals surface area (Å²) in [6, 6.07) is 7.01. The lowest BCUT2D eigenvalue weighted by atomic mass is 9.70. The quantitative estimate of drug-likeness (QED) is 0.590. The van der Waals surface area contributed by atoms with E-state index >= 15 is 0 Å². The van der Waals surface area contributed by atoms with Gasteiger partial charge in [-0.2, -0.15) is 10.2 Å². The van der Waals surface area contributed by atoms with E-state index in [1.54, 1.807) is 17.0 Å². The Bertz CT molecular complexity index is 1170. The molecule has 34 heavy (non-hydrogen) atoms. The summed E-state index contributed by atoms with van der Waals surface area (Å²) >= 11 is 0. The molecule has 0 spiro atoms. The van der Waals surface area contributed by atoms with Gasteiger partial charge in [-0.3, -0.25) is 4.79 Å². The molecule has 0 radical (unpaired) electrons. The Morgan fingerprint density at radius 3 is 2.53 bits per heavy atom. The molecule has 0 fully saturated rings. The number of carbonyl (C=O) groups is 1. The lowest BCUT2D eigenvalue weighted by molar-refractivity contribution is -0.141. The molecule has 9 heteroatoms. The van der Waals surface area contributed by atoms with Gasteiger partial charge < -0.3 is 10.0 Å². The van der Waals surface area contributed by atoms with Crippen LogP contribution < -0.4 is 0 Å². The molecule has 1 amide bonds. The van der Waals surface area contributed by atoms with Crippen molar-refractivity contribution in [2.24, 2.45) is 0 Å². The largest absolute Gasteiger partial charge is 0.376 e. The zero-order chi connectivity index (χ0) is 24.5. The van der Waals surface area contributed by atoms with Crippen LogP contribution in [-0.4, -0.2) is 49.2 Å². The van der Waals surface area contributed by atoms with E-state index in [1.807, 2.05) is 20.8 Å². The van der Waals surface area contributed by atoms with E-state index in [-0.39, 0.29) is 23.0 Å². The van der Waals surface area contributed by atoms with E-state index in [9.17, 15) is 18.7 Å². The molecule has 0 aliphatic heterocycles. The molecular weight excluding hydrogens is 440 g/mol. The first-order valence-electron chi connectivity index (χ1n) is 11.3. The van der Waals surface area contributed by atoms with E-state index in [0.717, 1.165) is 18.4 Å². The number of aliphatic hydroxyl groups is 1. The third-order valence-corrected chi connectivity index (χ3v) is 6.57. The van der Waals surface area contributed by atoms with E-state index in [1.165, 1.54) is 30.6 Å². The molecule has 2 heterocycles. The molecule has 0 saturated carbocycles. The number of halogens is 2. The van der Waals surface area contributed by atoms with Gasteiger partial charge in [0.25, 0.3) is 5.91 Å². The van der Waals surface area contributed by atoms with Crippen molar-refractivity contribution < 1.29 is 18.7 Å². The van der Waals surface area contributed by atoms with Gasteiger partial charge in [0, 0.05) is 30.9 Å². The Balaban J connectivity index is 1.66. The van der Waals surface area contributed by atoms with E-state index in [4.69, 9.17) is 0 Å². The molecule has 3 aromatic rings. The first-order valence-corrected chi connectivity index (χ1v) is 11.3. The number of hydrogen-bond acceptors (Lipinski definition) is 6. The van der Waals surface area contributed by atoms with Crippen molar-refractivity contribution in [3.8, 4) is 11.3 Å². The highest BCUT2D eigenvalue weighted by Gasteiger charge is 2.40. The van der Waals surface area contributed by atoms with Crippen LogP contribution in [0, 0.1) is 11.6 Å². The van der Waals surface area contributed by atoms with Crippen molar-refractivity contribution in [2.75, 3.05) is 13.1 Å². The average molecular weight is 468 g/mol. The third kappa shape index (κ3) is 4.40. The van der Waals surface area contributed by atoms with Crippen molar-refractivity contribution in [3.05, 3.63) is 71.4 Å². The Kier molecular flexibility index (Phi) is 6.65. The van der Waals surface area contributed by atoms with Crippen molar-refractivity contribution in [2.45, 2.75) is 51.0 Å². The summed E-state index contributed by atoms with van der Waals surface area (Å²) in [5.74, 6) is -1.72. The maximum atomic E-state index is 14.4. The molecule has 4 rings (SSSR count). The van der Waals surface area contributed by atoms with Gasteiger partial charge in [0.05, 0.1) is 17.0 Å². The highest BCUT2D eigenvalue weighted by molar-refractivity contribution is 5.81. The molecule has 1 N–H and O–H groups in total. The Hall–Kier alpha value is -3.33. The van der Waals surface area contributed by atoms with Gasteiger partial charge in [-0.25, -0.2) is 18.7 Å². The fourth-order valence-electron chi connectivity index (χ4n) is 4.58. The monoisotopic (exact) mass is 467 g/mol. The van der Waals surface area contributed by atoms with Crippen LogP contribution in [-0.2, 0) is 10.2 Å². The van der Waals surface area contributed by atoms with Crippen LogP contribution in [0.1, 0.15) is 62.7 Å². The second-order valence-electron chi connectivity index (χ2n) is 8.99. The number of aromatic nitrogens is 4.